The largest absolute Gasteiger partial charge is 0.396 e. The van der Waals surface area contributed by atoms with Gasteiger partial charge in [-0.2, -0.15) is 0 Å². The van der Waals surface area contributed by atoms with Crippen molar-refractivity contribution in [2.24, 2.45) is 5.92 Å². The first kappa shape index (κ1) is 15.0. The number of aliphatic hydroxyl groups is 1. The molecule has 1 fully saturated rings. The number of carbonyl (C=O) groups is 1. The zero-order valence-corrected chi connectivity index (χ0v) is 11.9. The van der Waals surface area contributed by atoms with Crippen LogP contribution < -0.4 is 5.32 Å². The number of piperidine rings is 1. The molecule has 110 valence electrons. The molecule has 1 saturated heterocycles. The number of carbonyl (C=O) groups excluding carboxylic acids is 1. The second-order valence-corrected chi connectivity index (χ2v) is 5.46. The molecule has 1 aromatic carbocycles. The van der Waals surface area contributed by atoms with Gasteiger partial charge in [-0.05, 0) is 43.9 Å². The molecule has 1 aromatic rings. The maximum Gasteiger partial charge on any atom is 0.251 e. The lowest BCUT2D eigenvalue weighted by Crippen LogP contribution is -2.41. The van der Waals surface area contributed by atoms with Crippen LogP contribution in [0.1, 0.15) is 29.6 Å². The Kier molecular flexibility index (Phi) is 6.02. The molecule has 0 saturated carbocycles. The molecule has 0 spiro atoms. The monoisotopic (exact) mass is 276 g/mol. The van der Waals surface area contributed by atoms with Crippen molar-refractivity contribution in [2.75, 3.05) is 32.8 Å². The highest BCUT2D eigenvalue weighted by molar-refractivity contribution is 5.94. The lowest BCUT2D eigenvalue weighted by Gasteiger charge is -2.32. The SMILES string of the molecule is O=C(NCC1CCCN(CCCO)C1)c1ccccc1. The van der Waals surface area contributed by atoms with E-state index in [2.05, 4.69) is 10.2 Å². The van der Waals surface area contributed by atoms with Gasteiger partial charge in [0.05, 0.1) is 0 Å². The number of nitrogens with one attached hydrogen (secondary N) is 1. The van der Waals surface area contributed by atoms with E-state index in [1.54, 1.807) is 0 Å². The second-order valence-electron chi connectivity index (χ2n) is 5.46. The van der Waals surface area contributed by atoms with Gasteiger partial charge in [0.2, 0.25) is 0 Å². The molecule has 2 rings (SSSR count). The number of amides is 1. The minimum Gasteiger partial charge on any atom is -0.396 e. The van der Waals surface area contributed by atoms with Crippen LogP contribution in [0.25, 0.3) is 0 Å². The fourth-order valence-electron chi connectivity index (χ4n) is 2.74. The summed E-state index contributed by atoms with van der Waals surface area (Å²) in [5.74, 6) is 0.535. The molecule has 0 bridgehead atoms. The standard InChI is InChI=1S/C16H24N2O2/c19-11-5-10-18-9-4-6-14(13-18)12-17-16(20)15-7-2-1-3-8-15/h1-3,7-8,14,19H,4-6,9-13H2,(H,17,20). The quantitative estimate of drug-likeness (QED) is 0.828. The molecule has 4 heteroatoms. The number of benzene rings is 1. The van der Waals surface area contributed by atoms with Gasteiger partial charge >= 0.3 is 0 Å². The van der Waals surface area contributed by atoms with Crippen molar-refractivity contribution in [3.8, 4) is 0 Å². The molecule has 0 radical (unpaired) electrons. The number of rotatable bonds is 6. The first-order valence-electron chi connectivity index (χ1n) is 7.46. The summed E-state index contributed by atoms with van der Waals surface area (Å²) in [6.07, 6.45) is 3.19. The Labute approximate surface area is 120 Å². The third-order valence-electron chi connectivity index (χ3n) is 3.82. The van der Waals surface area contributed by atoms with E-state index < -0.39 is 0 Å². The van der Waals surface area contributed by atoms with Crippen LogP contribution in [0.15, 0.2) is 30.3 Å². The number of hydrogen-bond acceptors (Lipinski definition) is 3. The Morgan fingerprint density at radius 1 is 1.35 bits per heavy atom. The molecular weight excluding hydrogens is 252 g/mol. The Hall–Kier alpha value is -1.39. The number of aliphatic hydroxyl groups excluding tert-OH is 1. The summed E-state index contributed by atoms with van der Waals surface area (Å²) < 4.78 is 0. The van der Waals surface area contributed by atoms with E-state index in [1.165, 1.54) is 12.8 Å². The zero-order chi connectivity index (χ0) is 14.2. The highest BCUT2D eigenvalue weighted by atomic mass is 16.3. The van der Waals surface area contributed by atoms with Crippen molar-refractivity contribution in [3.63, 3.8) is 0 Å². The molecule has 1 unspecified atom stereocenters. The van der Waals surface area contributed by atoms with Crippen LogP contribution in [0.2, 0.25) is 0 Å². The minimum atomic E-state index is 0.0121. The fourth-order valence-corrected chi connectivity index (χ4v) is 2.74. The third-order valence-corrected chi connectivity index (χ3v) is 3.82. The highest BCUT2D eigenvalue weighted by Gasteiger charge is 2.20. The summed E-state index contributed by atoms with van der Waals surface area (Å²) in [5.41, 5.74) is 0.723. The Morgan fingerprint density at radius 2 is 2.15 bits per heavy atom. The predicted octanol–water partition coefficient (Wildman–Crippen LogP) is 1.51. The molecule has 4 nitrogen and oxygen atoms in total. The maximum atomic E-state index is 12.0. The van der Waals surface area contributed by atoms with E-state index in [9.17, 15) is 4.79 Å². The molecule has 1 amide bonds. The summed E-state index contributed by atoms with van der Waals surface area (Å²) in [6, 6.07) is 9.35. The van der Waals surface area contributed by atoms with Gasteiger partial charge in [0.1, 0.15) is 0 Å². The fraction of sp³-hybridized carbons (Fsp3) is 0.562. The average molecular weight is 276 g/mol. The van der Waals surface area contributed by atoms with Gasteiger partial charge in [-0.3, -0.25) is 4.79 Å². The average Bonchev–Trinajstić information content (AvgIpc) is 2.52. The molecular formula is C16H24N2O2. The van der Waals surface area contributed by atoms with Gasteiger partial charge in [-0.1, -0.05) is 18.2 Å². The van der Waals surface area contributed by atoms with Crippen LogP contribution in [0.3, 0.4) is 0 Å². The van der Waals surface area contributed by atoms with Gasteiger partial charge < -0.3 is 15.3 Å². The first-order valence-corrected chi connectivity index (χ1v) is 7.46. The van der Waals surface area contributed by atoms with Gasteiger partial charge in [-0.25, -0.2) is 0 Å². The van der Waals surface area contributed by atoms with Crippen LogP contribution in [0, 0.1) is 5.92 Å². The van der Waals surface area contributed by atoms with E-state index >= 15 is 0 Å². The minimum absolute atomic E-state index is 0.0121. The molecule has 1 aliphatic rings. The normalized spacial score (nSPS) is 19.8. The molecule has 1 atom stereocenters. The van der Waals surface area contributed by atoms with E-state index in [4.69, 9.17) is 5.11 Å². The summed E-state index contributed by atoms with van der Waals surface area (Å²) >= 11 is 0. The van der Waals surface area contributed by atoms with Gasteiger partial charge in [0, 0.05) is 31.8 Å². The summed E-state index contributed by atoms with van der Waals surface area (Å²) in [6.45, 7) is 4.09. The molecule has 2 N–H and O–H groups in total. The first-order chi connectivity index (χ1) is 9.79. The molecule has 0 aromatic heterocycles. The molecule has 1 aliphatic heterocycles. The lowest BCUT2D eigenvalue weighted by atomic mass is 9.97. The van der Waals surface area contributed by atoms with Crippen molar-refractivity contribution in [2.45, 2.75) is 19.3 Å². The summed E-state index contributed by atoms with van der Waals surface area (Å²) in [4.78, 5) is 14.4. The van der Waals surface area contributed by atoms with Crippen LogP contribution in [-0.2, 0) is 0 Å². The molecule has 1 heterocycles. The van der Waals surface area contributed by atoms with Crippen molar-refractivity contribution < 1.29 is 9.90 Å². The summed E-state index contributed by atoms with van der Waals surface area (Å²) in [5, 5.41) is 11.9. The number of hydrogen-bond donors (Lipinski definition) is 2. The molecule has 20 heavy (non-hydrogen) atoms. The number of likely N-dealkylation sites (tertiary alicyclic amines) is 1. The van der Waals surface area contributed by atoms with Crippen LogP contribution in [0.4, 0.5) is 0 Å². The highest BCUT2D eigenvalue weighted by Crippen LogP contribution is 2.16. The molecule has 0 aliphatic carbocycles. The van der Waals surface area contributed by atoms with Gasteiger partial charge in [-0.15, -0.1) is 0 Å². The van der Waals surface area contributed by atoms with Crippen molar-refractivity contribution in [1.82, 2.24) is 10.2 Å². The van der Waals surface area contributed by atoms with Crippen molar-refractivity contribution in [3.05, 3.63) is 35.9 Å². The van der Waals surface area contributed by atoms with E-state index in [-0.39, 0.29) is 12.5 Å². The van der Waals surface area contributed by atoms with Gasteiger partial charge in [0.15, 0.2) is 0 Å². The number of nitrogens with zero attached hydrogens (tertiary/aromatic N) is 1. The Balaban J connectivity index is 1.74. The van der Waals surface area contributed by atoms with Crippen LogP contribution in [-0.4, -0.2) is 48.7 Å². The van der Waals surface area contributed by atoms with E-state index in [0.29, 0.717) is 5.92 Å². The van der Waals surface area contributed by atoms with Crippen molar-refractivity contribution >= 4 is 5.91 Å². The summed E-state index contributed by atoms with van der Waals surface area (Å²) in [7, 11) is 0. The Morgan fingerprint density at radius 3 is 2.90 bits per heavy atom. The lowest BCUT2D eigenvalue weighted by molar-refractivity contribution is 0.0931. The van der Waals surface area contributed by atoms with Crippen LogP contribution in [0.5, 0.6) is 0 Å². The third kappa shape index (κ3) is 4.62. The van der Waals surface area contributed by atoms with Crippen LogP contribution >= 0.6 is 0 Å². The zero-order valence-electron chi connectivity index (χ0n) is 11.9. The smallest absolute Gasteiger partial charge is 0.251 e. The van der Waals surface area contributed by atoms with E-state index in [0.717, 1.165) is 38.2 Å². The van der Waals surface area contributed by atoms with Gasteiger partial charge in [0.25, 0.3) is 5.91 Å². The second kappa shape index (κ2) is 8.02. The van der Waals surface area contributed by atoms with E-state index in [1.807, 2.05) is 30.3 Å². The topological polar surface area (TPSA) is 52.6 Å². The predicted molar refractivity (Wildman–Crippen MR) is 79.6 cm³/mol. The Bertz CT molecular complexity index is 408. The van der Waals surface area contributed by atoms with Crippen molar-refractivity contribution in [1.29, 1.82) is 0 Å². The maximum absolute atomic E-state index is 12.0.